The Morgan fingerprint density at radius 1 is 1.00 bits per heavy atom. The number of hydrogen-bond acceptors (Lipinski definition) is 4. The first-order chi connectivity index (χ1) is 13.7. The molecule has 0 aliphatic heterocycles. The van der Waals surface area contributed by atoms with Crippen molar-refractivity contribution in [1.82, 2.24) is 4.72 Å². The molecule has 7 heteroatoms. The number of ether oxygens (including phenoxy) is 1. The van der Waals surface area contributed by atoms with Gasteiger partial charge in [-0.25, -0.2) is 13.1 Å². The van der Waals surface area contributed by atoms with E-state index in [-0.39, 0.29) is 23.8 Å². The van der Waals surface area contributed by atoms with E-state index in [4.69, 9.17) is 4.74 Å². The van der Waals surface area contributed by atoms with Gasteiger partial charge in [0, 0.05) is 18.7 Å². The Balaban J connectivity index is 1.87. The van der Waals surface area contributed by atoms with E-state index in [0.717, 1.165) is 35.3 Å². The summed E-state index contributed by atoms with van der Waals surface area (Å²) in [6.45, 7) is 8.49. The number of anilines is 1. The van der Waals surface area contributed by atoms with Crippen LogP contribution in [0, 0.1) is 20.8 Å². The molecule has 158 valence electrons. The van der Waals surface area contributed by atoms with Gasteiger partial charge in [0.05, 0.1) is 11.5 Å². The van der Waals surface area contributed by atoms with Gasteiger partial charge in [0.15, 0.2) is 0 Å². The first-order valence-corrected chi connectivity index (χ1v) is 11.3. The van der Waals surface area contributed by atoms with Crippen LogP contribution in [-0.4, -0.2) is 27.5 Å². The van der Waals surface area contributed by atoms with E-state index < -0.39 is 10.0 Å². The summed E-state index contributed by atoms with van der Waals surface area (Å²) < 4.78 is 32.9. The number of aryl methyl sites for hydroxylation is 3. The fourth-order valence-corrected chi connectivity index (χ4v) is 3.79. The number of rotatable bonds is 10. The van der Waals surface area contributed by atoms with E-state index >= 15 is 0 Å². The topological polar surface area (TPSA) is 84.5 Å². The molecule has 0 radical (unpaired) electrons. The van der Waals surface area contributed by atoms with E-state index in [2.05, 4.69) is 17.0 Å². The summed E-state index contributed by atoms with van der Waals surface area (Å²) >= 11 is 0. The first-order valence-electron chi connectivity index (χ1n) is 9.83. The molecule has 0 heterocycles. The van der Waals surface area contributed by atoms with Crippen LogP contribution in [0.4, 0.5) is 5.69 Å². The summed E-state index contributed by atoms with van der Waals surface area (Å²) in [4.78, 5) is 12.4. The van der Waals surface area contributed by atoms with Crippen molar-refractivity contribution >= 4 is 21.6 Å². The molecule has 2 N–H and O–H groups in total. The highest BCUT2D eigenvalue weighted by Crippen LogP contribution is 2.22. The number of unbranched alkanes of at least 4 members (excludes halogenated alkanes) is 1. The molecule has 2 aromatic rings. The average Bonchev–Trinajstić information content (AvgIpc) is 2.66. The van der Waals surface area contributed by atoms with Crippen molar-refractivity contribution in [3.63, 3.8) is 0 Å². The van der Waals surface area contributed by atoms with E-state index in [9.17, 15) is 13.2 Å². The lowest BCUT2D eigenvalue weighted by Crippen LogP contribution is -2.28. The quantitative estimate of drug-likeness (QED) is 0.569. The highest BCUT2D eigenvalue weighted by Gasteiger charge is 2.15. The van der Waals surface area contributed by atoms with Gasteiger partial charge in [-0.1, -0.05) is 19.4 Å². The predicted octanol–water partition coefficient (Wildman–Crippen LogP) is 4.10. The monoisotopic (exact) mass is 418 g/mol. The second kappa shape index (κ2) is 10.4. The van der Waals surface area contributed by atoms with Crippen LogP contribution in [0.15, 0.2) is 41.3 Å². The summed E-state index contributed by atoms with van der Waals surface area (Å²) in [5, 5.41) is 2.82. The maximum absolute atomic E-state index is 12.4. The molecule has 0 saturated heterocycles. The number of sulfonamides is 1. The van der Waals surface area contributed by atoms with E-state index in [0.29, 0.717) is 12.3 Å². The van der Waals surface area contributed by atoms with Crippen LogP contribution in [0.5, 0.6) is 5.75 Å². The van der Waals surface area contributed by atoms with Crippen molar-refractivity contribution in [3.8, 4) is 5.75 Å². The van der Waals surface area contributed by atoms with Crippen molar-refractivity contribution < 1.29 is 17.9 Å². The maximum atomic E-state index is 12.4. The normalized spacial score (nSPS) is 11.3. The Hall–Kier alpha value is -2.38. The Kier molecular flexibility index (Phi) is 8.22. The fraction of sp³-hybridized carbons (Fsp3) is 0.409. The SMILES string of the molecule is CCCCOc1ccc(NC(=O)CCNS(=O)(=O)c2ccc(C)c(C)c2)c(C)c1. The zero-order valence-corrected chi connectivity index (χ0v) is 18.4. The largest absolute Gasteiger partial charge is 0.494 e. The highest BCUT2D eigenvalue weighted by atomic mass is 32.2. The van der Waals surface area contributed by atoms with Gasteiger partial charge in [-0.3, -0.25) is 4.79 Å². The fourth-order valence-electron chi connectivity index (χ4n) is 2.68. The van der Waals surface area contributed by atoms with Gasteiger partial charge in [0.2, 0.25) is 15.9 Å². The number of amides is 1. The van der Waals surface area contributed by atoms with Gasteiger partial charge in [-0.15, -0.1) is 0 Å². The Morgan fingerprint density at radius 2 is 1.76 bits per heavy atom. The van der Waals surface area contributed by atoms with Crippen molar-refractivity contribution in [2.45, 2.75) is 51.9 Å². The zero-order valence-electron chi connectivity index (χ0n) is 17.5. The van der Waals surface area contributed by atoms with Gasteiger partial charge in [0.25, 0.3) is 0 Å². The van der Waals surface area contributed by atoms with Crippen LogP contribution < -0.4 is 14.8 Å². The molecule has 0 aromatic heterocycles. The average molecular weight is 419 g/mol. The standard InChI is InChI=1S/C22H30N2O4S/c1-5-6-13-28-19-8-10-21(18(4)14-19)24-22(25)11-12-23-29(26,27)20-9-7-16(2)17(3)15-20/h7-10,14-15,23H,5-6,11-13H2,1-4H3,(H,24,25). The van der Waals surface area contributed by atoms with Crippen LogP contribution in [0.1, 0.15) is 42.9 Å². The predicted molar refractivity (Wildman–Crippen MR) is 116 cm³/mol. The first kappa shape index (κ1) is 22.9. The lowest BCUT2D eigenvalue weighted by Gasteiger charge is -2.12. The minimum atomic E-state index is -3.64. The smallest absolute Gasteiger partial charge is 0.240 e. The van der Waals surface area contributed by atoms with Crippen LogP contribution in [0.3, 0.4) is 0 Å². The summed E-state index contributed by atoms with van der Waals surface area (Å²) in [7, 11) is -3.64. The van der Waals surface area contributed by atoms with Gasteiger partial charge < -0.3 is 10.1 Å². The number of carbonyl (C=O) groups excluding carboxylic acids is 1. The molecule has 2 aromatic carbocycles. The molecule has 0 spiro atoms. The zero-order chi connectivity index (χ0) is 21.4. The van der Waals surface area contributed by atoms with Crippen molar-refractivity contribution in [1.29, 1.82) is 0 Å². The minimum Gasteiger partial charge on any atom is -0.494 e. The molecule has 0 fully saturated rings. The second-order valence-electron chi connectivity index (χ2n) is 7.12. The lowest BCUT2D eigenvalue weighted by atomic mass is 10.1. The molecule has 1 amide bonds. The van der Waals surface area contributed by atoms with E-state index in [1.165, 1.54) is 0 Å². The molecule has 6 nitrogen and oxygen atoms in total. The summed E-state index contributed by atoms with van der Waals surface area (Å²) in [5.41, 5.74) is 3.52. The third-order valence-electron chi connectivity index (χ3n) is 4.67. The van der Waals surface area contributed by atoms with Crippen molar-refractivity contribution in [2.24, 2.45) is 0 Å². The molecule has 2 rings (SSSR count). The number of nitrogens with one attached hydrogen (secondary N) is 2. The van der Waals surface area contributed by atoms with Crippen molar-refractivity contribution in [3.05, 3.63) is 53.1 Å². The van der Waals surface area contributed by atoms with Crippen LogP contribution >= 0.6 is 0 Å². The second-order valence-corrected chi connectivity index (χ2v) is 8.89. The van der Waals surface area contributed by atoms with Crippen molar-refractivity contribution in [2.75, 3.05) is 18.5 Å². The van der Waals surface area contributed by atoms with Gasteiger partial charge in [0.1, 0.15) is 5.75 Å². The molecule has 0 bridgehead atoms. The Bertz CT molecular complexity index is 955. The van der Waals surface area contributed by atoms with Gasteiger partial charge in [-0.2, -0.15) is 0 Å². The maximum Gasteiger partial charge on any atom is 0.240 e. The van der Waals surface area contributed by atoms with E-state index in [1.807, 2.05) is 32.9 Å². The van der Waals surface area contributed by atoms with Gasteiger partial charge in [-0.05, 0) is 74.2 Å². The summed E-state index contributed by atoms with van der Waals surface area (Å²) in [6.07, 6.45) is 2.11. The molecule has 0 unspecified atom stereocenters. The molecular weight excluding hydrogens is 388 g/mol. The Labute approximate surface area is 173 Å². The highest BCUT2D eigenvalue weighted by molar-refractivity contribution is 7.89. The van der Waals surface area contributed by atoms with Crippen LogP contribution in [-0.2, 0) is 14.8 Å². The lowest BCUT2D eigenvalue weighted by molar-refractivity contribution is -0.116. The van der Waals surface area contributed by atoms with E-state index in [1.54, 1.807) is 24.3 Å². The van der Waals surface area contributed by atoms with Crippen LogP contribution in [0.2, 0.25) is 0 Å². The molecule has 0 saturated carbocycles. The Morgan fingerprint density at radius 3 is 2.41 bits per heavy atom. The molecular formula is C22H30N2O4S. The molecule has 0 aliphatic rings. The number of hydrogen-bond donors (Lipinski definition) is 2. The summed E-state index contributed by atoms with van der Waals surface area (Å²) in [6, 6.07) is 10.5. The third kappa shape index (κ3) is 6.87. The van der Waals surface area contributed by atoms with Crippen LogP contribution in [0.25, 0.3) is 0 Å². The van der Waals surface area contributed by atoms with Gasteiger partial charge >= 0.3 is 0 Å². The summed E-state index contributed by atoms with van der Waals surface area (Å²) in [5.74, 6) is 0.519. The minimum absolute atomic E-state index is 0.0261. The number of benzene rings is 2. The molecule has 0 aliphatic carbocycles. The third-order valence-corrected chi connectivity index (χ3v) is 6.13. The molecule has 29 heavy (non-hydrogen) atoms. The number of carbonyl (C=O) groups is 1. The molecule has 0 atom stereocenters.